The third-order valence-electron chi connectivity index (χ3n) is 4.23. The van der Waals surface area contributed by atoms with Crippen molar-refractivity contribution in [3.8, 4) is 17.0 Å². The highest BCUT2D eigenvalue weighted by Gasteiger charge is 2.13. The number of halogens is 2. The Morgan fingerprint density at radius 1 is 1.06 bits per heavy atom. The van der Waals surface area contributed by atoms with Crippen LogP contribution < -0.4 is 10.1 Å². The summed E-state index contributed by atoms with van der Waals surface area (Å²) in [5.41, 5.74) is 2.32. The minimum atomic E-state index is -1.03. The van der Waals surface area contributed by atoms with E-state index in [0.29, 0.717) is 23.1 Å². The fourth-order valence-electron chi connectivity index (χ4n) is 2.80. The monoisotopic (exact) mass is 441 g/mol. The highest BCUT2D eigenvalue weighted by molar-refractivity contribution is 7.99. The lowest BCUT2D eigenvalue weighted by Gasteiger charge is -2.06. The van der Waals surface area contributed by atoms with Gasteiger partial charge in [-0.1, -0.05) is 11.8 Å². The van der Waals surface area contributed by atoms with Gasteiger partial charge in [0, 0.05) is 17.3 Å². The lowest BCUT2D eigenvalue weighted by molar-refractivity contribution is -0.113. The Balaban J connectivity index is 1.47. The molecule has 10 heteroatoms. The van der Waals surface area contributed by atoms with E-state index < -0.39 is 17.5 Å². The van der Waals surface area contributed by atoms with E-state index in [0.717, 1.165) is 35.2 Å². The normalized spacial score (nSPS) is 10.9. The molecule has 7 nitrogen and oxygen atoms in total. The van der Waals surface area contributed by atoms with Crippen molar-refractivity contribution in [2.24, 2.45) is 0 Å². The number of aromatic nitrogens is 4. The standard InChI is InChI=1S/C21H17F2N5O2S/c1-2-30-15-6-3-13(4-7-15)18-9-10-19-25-26-21(28(19)27-18)31-12-20(29)24-14-5-8-16(22)17(23)11-14/h3-11H,2,12H2,1H3,(H,24,29). The van der Waals surface area contributed by atoms with Crippen molar-refractivity contribution in [1.82, 2.24) is 19.8 Å². The minimum absolute atomic E-state index is 0.00521. The highest BCUT2D eigenvalue weighted by Crippen LogP contribution is 2.23. The average molecular weight is 441 g/mol. The van der Waals surface area contributed by atoms with Gasteiger partial charge in [0.2, 0.25) is 11.1 Å². The lowest BCUT2D eigenvalue weighted by Crippen LogP contribution is -2.14. The van der Waals surface area contributed by atoms with E-state index in [-0.39, 0.29) is 11.4 Å². The van der Waals surface area contributed by atoms with E-state index in [9.17, 15) is 13.6 Å². The van der Waals surface area contributed by atoms with Crippen LogP contribution in [-0.2, 0) is 4.79 Å². The Kier molecular flexibility index (Phi) is 6.08. The summed E-state index contributed by atoms with van der Waals surface area (Å²) in [6.07, 6.45) is 0. The summed E-state index contributed by atoms with van der Waals surface area (Å²) in [5, 5.41) is 15.7. The van der Waals surface area contributed by atoms with E-state index in [1.807, 2.05) is 37.3 Å². The molecule has 0 fully saturated rings. The number of amides is 1. The van der Waals surface area contributed by atoms with Gasteiger partial charge in [-0.3, -0.25) is 4.79 Å². The molecule has 0 unspecified atom stereocenters. The lowest BCUT2D eigenvalue weighted by atomic mass is 10.1. The molecule has 0 aliphatic rings. The number of hydrogen-bond acceptors (Lipinski definition) is 6. The summed E-state index contributed by atoms with van der Waals surface area (Å²) in [7, 11) is 0. The van der Waals surface area contributed by atoms with Crippen LogP contribution in [0.5, 0.6) is 5.75 Å². The summed E-state index contributed by atoms with van der Waals surface area (Å²) >= 11 is 1.13. The fraction of sp³-hybridized carbons (Fsp3) is 0.143. The zero-order valence-electron chi connectivity index (χ0n) is 16.4. The SMILES string of the molecule is CCOc1ccc(-c2ccc3nnc(SCC(=O)Nc4ccc(F)c(F)c4)n3n2)cc1. The van der Waals surface area contributed by atoms with Crippen molar-refractivity contribution in [2.45, 2.75) is 12.1 Å². The van der Waals surface area contributed by atoms with Crippen LogP contribution in [0, 0.1) is 11.6 Å². The molecule has 0 bridgehead atoms. The highest BCUT2D eigenvalue weighted by atomic mass is 32.2. The number of rotatable bonds is 7. The first-order chi connectivity index (χ1) is 15.0. The van der Waals surface area contributed by atoms with E-state index >= 15 is 0 Å². The molecule has 0 radical (unpaired) electrons. The predicted molar refractivity (Wildman–Crippen MR) is 113 cm³/mol. The van der Waals surface area contributed by atoms with Gasteiger partial charge in [-0.25, -0.2) is 8.78 Å². The van der Waals surface area contributed by atoms with Gasteiger partial charge >= 0.3 is 0 Å². The number of thioether (sulfide) groups is 1. The number of nitrogens with zero attached hydrogens (tertiary/aromatic N) is 4. The molecule has 0 spiro atoms. The molecule has 4 aromatic rings. The van der Waals surface area contributed by atoms with Crippen LogP contribution in [0.25, 0.3) is 16.9 Å². The molecular weight excluding hydrogens is 424 g/mol. The van der Waals surface area contributed by atoms with Crippen molar-refractivity contribution < 1.29 is 18.3 Å². The Labute approximate surface area is 180 Å². The van der Waals surface area contributed by atoms with Crippen LogP contribution in [-0.4, -0.2) is 38.1 Å². The van der Waals surface area contributed by atoms with Crippen molar-refractivity contribution in [3.05, 3.63) is 66.2 Å². The molecule has 0 aliphatic heterocycles. The van der Waals surface area contributed by atoms with Gasteiger partial charge in [-0.15, -0.1) is 10.2 Å². The number of nitrogens with one attached hydrogen (secondary N) is 1. The number of carbonyl (C=O) groups excluding carboxylic acids is 1. The van der Waals surface area contributed by atoms with Crippen molar-refractivity contribution >= 4 is 29.0 Å². The quantitative estimate of drug-likeness (QED) is 0.433. The van der Waals surface area contributed by atoms with Crippen LogP contribution >= 0.6 is 11.8 Å². The summed E-state index contributed by atoms with van der Waals surface area (Å²) in [4.78, 5) is 12.2. The van der Waals surface area contributed by atoms with Crippen molar-refractivity contribution in [3.63, 3.8) is 0 Å². The first-order valence-corrected chi connectivity index (χ1v) is 10.4. The fourth-order valence-corrected chi connectivity index (χ4v) is 3.49. The molecule has 4 rings (SSSR count). The van der Waals surface area contributed by atoms with Gasteiger partial charge in [0.15, 0.2) is 17.3 Å². The first-order valence-electron chi connectivity index (χ1n) is 9.37. The molecule has 158 valence electrons. The Morgan fingerprint density at radius 3 is 2.61 bits per heavy atom. The molecule has 1 amide bonds. The van der Waals surface area contributed by atoms with Crippen LogP contribution in [0.2, 0.25) is 0 Å². The molecule has 31 heavy (non-hydrogen) atoms. The van der Waals surface area contributed by atoms with Crippen molar-refractivity contribution in [2.75, 3.05) is 17.7 Å². The Bertz CT molecular complexity index is 1230. The van der Waals surface area contributed by atoms with Gasteiger partial charge in [0.1, 0.15) is 5.75 Å². The van der Waals surface area contributed by atoms with Crippen LogP contribution in [0.15, 0.2) is 59.8 Å². The second-order valence-corrected chi connectivity index (χ2v) is 7.34. The molecule has 2 heterocycles. The summed E-state index contributed by atoms with van der Waals surface area (Å²) in [6, 6.07) is 14.4. The third-order valence-corrected chi connectivity index (χ3v) is 5.15. The maximum absolute atomic E-state index is 13.3. The predicted octanol–water partition coefficient (Wildman–Crippen LogP) is 4.20. The molecule has 1 N–H and O–H groups in total. The molecule has 0 saturated heterocycles. The Morgan fingerprint density at radius 2 is 1.87 bits per heavy atom. The average Bonchev–Trinajstić information content (AvgIpc) is 3.18. The van der Waals surface area contributed by atoms with Gasteiger partial charge in [-0.05, 0) is 55.5 Å². The van der Waals surface area contributed by atoms with Crippen LogP contribution in [0.1, 0.15) is 6.92 Å². The molecule has 0 saturated carbocycles. The van der Waals surface area contributed by atoms with Crippen LogP contribution in [0.4, 0.5) is 14.5 Å². The summed E-state index contributed by atoms with van der Waals surface area (Å²) < 4.78 is 33.3. The Hall–Kier alpha value is -3.53. The number of ether oxygens (including phenoxy) is 1. The third kappa shape index (κ3) is 4.80. The number of carbonyl (C=O) groups is 1. The van der Waals surface area contributed by atoms with Gasteiger partial charge in [0.25, 0.3) is 0 Å². The number of fused-ring (bicyclic) bond motifs is 1. The molecule has 2 aromatic heterocycles. The molecule has 2 aromatic carbocycles. The number of hydrogen-bond donors (Lipinski definition) is 1. The zero-order valence-corrected chi connectivity index (χ0v) is 17.2. The second kappa shape index (κ2) is 9.09. The van der Waals surface area contributed by atoms with E-state index in [1.54, 1.807) is 10.6 Å². The van der Waals surface area contributed by atoms with Crippen molar-refractivity contribution in [1.29, 1.82) is 0 Å². The van der Waals surface area contributed by atoms with E-state index in [4.69, 9.17) is 4.74 Å². The molecular formula is C21H17F2N5O2S. The second-order valence-electron chi connectivity index (χ2n) is 6.39. The maximum atomic E-state index is 13.3. The van der Waals surface area contributed by atoms with Gasteiger partial charge in [-0.2, -0.15) is 9.61 Å². The topological polar surface area (TPSA) is 81.4 Å². The smallest absolute Gasteiger partial charge is 0.234 e. The summed E-state index contributed by atoms with van der Waals surface area (Å²) in [6.45, 7) is 2.52. The first kappa shape index (κ1) is 20.7. The van der Waals surface area contributed by atoms with E-state index in [2.05, 4.69) is 20.6 Å². The van der Waals surface area contributed by atoms with E-state index in [1.165, 1.54) is 6.07 Å². The summed E-state index contributed by atoms with van der Waals surface area (Å²) in [5.74, 6) is -1.62. The number of benzene rings is 2. The zero-order chi connectivity index (χ0) is 21.8. The van der Waals surface area contributed by atoms with Gasteiger partial charge in [0.05, 0.1) is 18.1 Å². The number of anilines is 1. The minimum Gasteiger partial charge on any atom is -0.494 e. The van der Waals surface area contributed by atoms with Gasteiger partial charge < -0.3 is 10.1 Å². The maximum Gasteiger partial charge on any atom is 0.234 e. The molecule has 0 atom stereocenters. The largest absolute Gasteiger partial charge is 0.494 e. The molecule has 0 aliphatic carbocycles. The van der Waals surface area contributed by atoms with Crippen LogP contribution in [0.3, 0.4) is 0 Å².